The van der Waals surface area contributed by atoms with E-state index in [4.69, 9.17) is 9.47 Å². The summed E-state index contributed by atoms with van der Waals surface area (Å²) in [5.74, 6) is -0.391. The van der Waals surface area contributed by atoms with Crippen molar-refractivity contribution in [2.24, 2.45) is 0 Å². The molecule has 0 atom stereocenters. The number of hydrogen-bond donors (Lipinski definition) is 0. The minimum Gasteiger partial charge on any atom is -0.468 e. The van der Waals surface area contributed by atoms with Gasteiger partial charge in [-0.3, -0.25) is 14.2 Å². The molecular formula is C22H28N2O4Si. The molecule has 0 amide bonds. The van der Waals surface area contributed by atoms with Crippen molar-refractivity contribution >= 4 is 24.9 Å². The lowest BCUT2D eigenvalue weighted by atomic mass is 9.89. The highest BCUT2D eigenvalue weighted by Crippen LogP contribution is 2.49. The Balaban J connectivity index is 2.16. The van der Waals surface area contributed by atoms with Gasteiger partial charge in [0.1, 0.15) is 6.73 Å². The summed E-state index contributed by atoms with van der Waals surface area (Å²) in [7, 11) is 0.0911. The maximum Gasteiger partial charge on any atom is 0.316 e. The first-order chi connectivity index (χ1) is 13.7. The predicted molar refractivity (Wildman–Crippen MR) is 115 cm³/mol. The van der Waals surface area contributed by atoms with Crippen LogP contribution in [0, 0.1) is 18.3 Å². The maximum atomic E-state index is 13.5. The van der Waals surface area contributed by atoms with Crippen LogP contribution in [0.15, 0.2) is 23.0 Å². The highest BCUT2D eigenvalue weighted by atomic mass is 28.3. The van der Waals surface area contributed by atoms with Gasteiger partial charge in [-0.05, 0) is 43.5 Å². The van der Waals surface area contributed by atoms with Crippen LogP contribution in [-0.2, 0) is 26.4 Å². The Morgan fingerprint density at radius 2 is 2.00 bits per heavy atom. The van der Waals surface area contributed by atoms with Crippen LogP contribution in [0.25, 0.3) is 10.9 Å². The molecule has 1 saturated carbocycles. The van der Waals surface area contributed by atoms with E-state index >= 15 is 0 Å². The molecule has 7 heteroatoms. The lowest BCUT2D eigenvalue weighted by molar-refractivity contribution is -0.143. The molecule has 0 bridgehead atoms. The van der Waals surface area contributed by atoms with Crippen molar-refractivity contribution in [3.8, 4) is 6.07 Å². The highest BCUT2D eigenvalue weighted by Gasteiger charge is 2.55. The summed E-state index contributed by atoms with van der Waals surface area (Å²) in [4.78, 5) is 26.0. The minimum atomic E-state index is -1.25. The fraction of sp³-hybridized carbons (Fsp3) is 0.500. The number of hydrogen-bond acceptors (Lipinski definition) is 5. The van der Waals surface area contributed by atoms with Crippen LogP contribution < -0.4 is 5.56 Å². The molecule has 3 rings (SSSR count). The summed E-state index contributed by atoms with van der Waals surface area (Å²) in [6.45, 7) is 9.31. The monoisotopic (exact) mass is 412 g/mol. The first kappa shape index (κ1) is 21.3. The van der Waals surface area contributed by atoms with Crippen LogP contribution in [0.1, 0.15) is 29.5 Å². The van der Waals surface area contributed by atoms with Gasteiger partial charge in [0.05, 0.1) is 29.7 Å². The van der Waals surface area contributed by atoms with Gasteiger partial charge in [-0.2, -0.15) is 5.26 Å². The van der Waals surface area contributed by atoms with Crippen molar-refractivity contribution in [1.29, 1.82) is 5.26 Å². The number of nitriles is 1. The minimum absolute atomic E-state index is 0.0965. The second-order valence-electron chi connectivity index (χ2n) is 8.97. The summed E-state index contributed by atoms with van der Waals surface area (Å²) in [5, 5.41) is 10.3. The molecule has 1 fully saturated rings. The smallest absolute Gasteiger partial charge is 0.316 e. The van der Waals surface area contributed by atoms with Crippen molar-refractivity contribution in [2.45, 2.75) is 57.6 Å². The molecule has 1 aliphatic rings. The SMILES string of the molecule is COC(=O)C1(c2c(C)c3c(C#N)cccc3n(COCC[Si](C)(C)C)c2=O)CC1. The van der Waals surface area contributed by atoms with E-state index in [2.05, 4.69) is 25.7 Å². The maximum absolute atomic E-state index is 13.5. The zero-order valence-corrected chi connectivity index (χ0v) is 18.8. The second-order valence-corrected chi connectivity index (χ2v) is 14.6. The third-order valence-corrected chi connectivity index (χ3v) is 7.39. The number of ether oxygens (including phenoxy) is 2. The number of carbonyl (C=O) groups excluding carboxylic acids is 1. The molecule has 29 heavy (non-hydrogen) atoms. The summed E-state index contributed by atoms with van der Waals surface area (Å²) in [6, 6.07) is 8.54. The van der Waals surface area contributed by atoms with Gasteiger partial charge in [-0.15, -0.1) is 0 Å². The van der Waals surface area contributed by atoms with Crippen molar-refractivity contribution < 1.29 is 14.3 Å². The van der Waals surface area contributed by atoms with E-state index < -0.39 is 19.5 Å². The van der Waals surface area contributed by atoms with E-state index in [-0.39, 0.29) is 12.3 Å². The fourth-order valence-electron chi connectivity index (χ4n) is 3.88. The first-order valence-electron chi connectivity index (χ1n) is 9.89. The van der Waals surface area contributed by atoms with Crippen LogP contribution in [-0.4, -0.2) is 32.3 Å². The molecule has 0 radical (unpaired) electrons. The predicted octanol–water partition coefficient (Wildman–Crippen LogP) is 3.70. The zero-order chi connectivity index (χ0) is 21.4. The normalized spacial score (nSPS) is 15.2. The molecule has 6 nitrogen and oxygen atoms in total. The van der Waals surface area contributed by atoms with Gasteiger partial charge in [0, 0.05) is 25.6 Å². The van der Waals surface area contributed by atoms with E-state index in [0.717, 1.165) is 6.04 Å². The summed E-state index contributed by atoms with van der Waals surface area (Å²) < 4.78 is 12.4. The number of benzene rings is 1. The van der Waals surface area contributed by atoms with Gasteiger partial charge < -0.3 is 9.47 Å². The number of pyridine rings is 1. The number of aromatic nitrogens is 1. The lowest BCUT2D eigenvalue weighted by Gasteiger charge is -2.21. The molecule has 154 valence electrons. The number of nitrogens with zero attached hydrogens (tertiary/aromatic N) is 2. The zero-order valence-electron chi connectivity index (χ0n) is 17.8. The molecule has 0 saturated heterocycles. The quantitative estimate of drug-likeness (QED) is 0.393. The van der Waals surface area contributed by atoms with Gasteiger partial charge in [0.2, 0.25) is 0 Å². The number of methoxy groups -OCH3 is 1. The Bertz CT molecular complexity index is 1060. The molecule has 1 aliphatic carbocycles. The van der Waals surface area contributed by atoms with Gasteiger partial charge in [-0.1, -0.05) is 25.7 Å². The summed E-state index contributed by atoms with van der Waals surface area (Å²) in [5.41, 5.74) is 1.12. The molecule has 0 N–H and O–H groups in total. The molecule has 0 spiro atoms. The molecular weight excluding hydrogens is 384 g/mol. The topological polar surface area (TPSA) is 81.3 Å². The van der Waals surface area contributed by atoms with Crippen LogP contribution in [0.2, 0.25) is 25.7 Å². The Morgan fingerprint density at radius 1 is 1.31 bits per heavy atom. The van der Waals surface area contributed by atoms with Gasteiger partial charge in [0.15, 0.2) is 0 Å². The van der Waals surface area contributed by atoms with Gasteiger partial charge in [-0.25, -0.2) is 0 Å². The van der Waals surface area contributed by atoms with Crippen molar-refractivity contribution in [2.75, 3.05) is 13.7 Å². The Morgan fingerprint density at radius 3 is 2.55 bits per heavy atom. The number of carbonyl (C=O) groups is 1. The lowest BCUT2D eigenvalue weighted by Crippen LogP contribution is -2.35. The van der Waals surface area contributed by atoms with E-state index in [1.54, 1.807) is 16.7 Å². The number of rotatable bonds is 7. The third kappa shape index (κ3) is 3.87. The van der Waals surface area contributed by atoms with Crippen LogP contribution in [0.4, 0.5) is 0 Å². The summed E-state index contributed by atoms with van der Waals surface area (Å²) in [6.07, 6.45) is 1.15. The van der Waals surface area contributed by atoms with E-state index in [1.165, 1.54) is 7.11 Å². The van der Waals surface area contributed by atoms with E-state index in [0.29, 0.717) is 47.0 Å². The number of aryl methyl sites for hydroxylation is 1. The van der Waals surface area contributed by atoms with E-state index in [1.807, 2.05) is 13.0 Å². The average molecular weight is 413 g/mol. The first-order valence-corrected chi connectivity index (χ1v) is 13.6. The molecule has 1 aromatic heterocycles. The van der Waals surface area contributed by atoms with Crippen molar-refractivity contribution in [3.05, 3.63) is 45.2 Å². The Hall–Kier alpha value is -2.43. The largest absolute Gasteiger partial charge is 0.468 e. The van der Waals surface area contributed by atoms with Crippen LogP contribution >= 0.6 is 0 Å². The number of fused-ring (bicyclic) bond motifs is 1. The van der Waals surface area contributed by atoms with Crippen LogP contribution in [0.3, 0.4) is 0 Å². The third-order valence-electron chi connectivity index (χ3n) is 5.68. The molecule has 0 aliphatic heterocycles. The fourth-order valence-corrected chi connectivity index (χ4v) is 4.64. The highest BCUT2D eigenvalue weighted by molar-refractivity contribution is 6.76. The second kappa shape index (κ2) is 7.77. The molecule has 1 aromatic carbocycles. The van der Waals surface area contributed by atoms with Gasteiger partial charge >= 0.3 is 5.97 Å². The number of esters is 1. The van der Waals surface area contributed by atoms with Crippen molar-refractivity contribution in [1.82, 2.24) is 4.57 Å². The average Bonchev–Trinajstić information content (AvgIpc) is 3.46. The Labute approximate surface area is 172 Å². The molecule has 2 aromatic rings. The summed E-state index contributed by atoms with van der Waals surface area (Å²) >= 11 is 0. The molecule has 1 heterocycles. The van der Waals surface area contributed by atoms with Gasteiger partial charge in [0.25, 0.3) is 5.56 Å². The Kier molecular flexibility index (Phi) is 5.70. The molecule has 0 unspecified atom stereocenters. The van der Waals surface area contributed by atoms with E-state index in [9.17, 15) is 14.9 Å². The van der Waals surface area contributed by atoms with Crippen LogP contribution in [0.5, 0.6) is 0 Å². The standard InChI is InChI=1S/C22H28N2O4Si/c1-15-18-16(13-23)7-6-8-17(18)24(14-28-11-12-29(3,4)5)20(25)19(15)22(9-10-22)21(26)27-2/h6-8H,9-12,14H2,1-5H3. The van der Waals surface area contributed by atoms with Crippen molar-refractivity contribution in [3.63, 3.8) is 0 Å².